The van der Waals surface area contributed by atoms with Crippen molar-refractivity contribution < 1.29 is 0 Å². The van der Waals surface area contributed by atoms with Crippen molar-refractivity contribution in [3.05, 3.63) is 22.4 Å². The highest BCUT2D eigenvalue weighted by atomic mass is 32.1. The van der Waals surface area contributed by atoms with E-state index in [9.17, 15) is 0 Å². The van der Waals surface area contributed by atoms with Gasteiger partial charge in [0.1, 0.15) is 0 Å². The van der Waals surface area contributed by atoms with Crippen LogP contribution in [0.25, 0.3) is 0 Å². The molecule has 0 bridgehead atoms. The van der Waals surface area contributed by atoms with E-state index in [1.54, 1.807) is 4.88 Å². The number of hydrogen-bond donors (Lipinski definition) is 1. The summed E-state index contributed by atoms with van der Waals surface area (Å²) in [6.45, 7) is 7.15. The molecule has 1 N–H and O–H groups in total. The summed E-state index contributed by atoms with van der Waals surface area (Å²) in [6, 6.07) is 6.65. The summed E-state index contributed by atoms with van der Waals surface area (Å²) in [5.41, 5.74) is 0. The van der Waals surface area contributed by atoms with E-state index in [0.29, 0.717) is 12.1 Å². The highest BCUT2D eigenvalue weighted by Crippen LogP contribution is 2.31. The molecular weight excluding hydrogens is 276 g/mol. The molecule has 0 amide bonds. The largest absolute Gasteiger partial charge is 0.310 e. The lowest BCUT2D eigenvalue weighted by atomic mass is 9.89. The Morgan fingerprint density at radius 2 is 1.95 bits per heavy atom. The molecule has 2 atom stereocenters. The van der Waals surface area contributed by atoms with Crippen molar-refractivity contribution in [3.63, 3.8) is 0 Å². The van der Waals surface area contributed by atoms with Gasteiger partial charge in [0, 0.05) is 42.0 Å². The van der Waals surface area contributed by atoms with Crippen molar-refractivity contribution in [1.82, 2.24) is 10.2 Å². The number of piperidine rings is 1. The first-order valence-electron chi connectivity index (χ1n) is 8.76. The topological polar surface area (TPSA) is 15.3 Å². The van der Waals surface area contributed by atoms with Gasteiger partial charge in [-0.1, -0.05) is 25.3 Å². The van der Waals surface area contributed by atoms with Crippen LogP contribution in [-0.2, 0) is 0 Å². The first-order chi connectivity index (χ1) is 10.2. The molecule has 2 fully saturated rings. The van der Waals surface area contributed by atoms with E-state index in [1.165, 1.54) is 51.6 Å². The van der Waals surface area contributed by atoms with Crippen LogP contribution in [-0.4, -0.2) is 36.1 Å². The molecule has 2 heterocycles. The summed E-state index contributed by atoms with van der Waals surface area (Å²) >= 11 is 1.94. The summed E-state index contributed by atoms with van der Waals surface area (Å²) in [6.07, 6.45) is 8.39. The summed E-state index contributed by atoms with van der Waals surface area (Å²) in [5.74, 6) is 0.724. The van der Waals surface area contributed by atoms with Gasteiger partial charge in [-0.3, -0.25) is 4.90 Å². The van der Waals surface area contributed by atoms with Crippen LogP contribution in [0.15, 0.2) is 17.5 Å². The number of likely N-dealkylation sites (tertiary alicyclic amines) is 1. The second-order valence-electron chi connectivity index (χ2n) is 7.19. The van der Waals surface area contributed by atoms with Crippen LogP contribution >= 0.6 is 11.3 Å². The van der Waals surface area contributed by atoms with Crippen LogP contribution in [0.1, 0.15) is 63.2 Å². The molecule has 1 aromatic heterocycles. The van der Waals surface area contributed by atoms with Crippen LogP contribution in [0, 0.1) is 0 Å². The average molecular weight is 307 g/mol. The molecule has 118 valence electrons. The zero-order valence-electron chi connectivity index (χ0n) is 13.6. The van der Waals surface area contributed by atoms with Crippen LogP contribution in [0.2, 0.25) is 0 Å². The lowest BCUT2D eigenvalue weighted by Crippen LogP contribution is -2.53. The number of hydrogen-bond acceptors (Lipinski definition) is 3. The molecule has 1 saturated carbocycles. The van der Waals surface area contributed by atoms with E-state index in [-0.39, 0.29) is 0 Å². The van der Waals surface area contributed by atoms with Gasteiger partial charge in [0.2, 0.25) is 0 Å². The Bertz CT molecular complexity index is 409. The van der Waals surface area contributed by atoms with Crippen LogP contribution in [0.3, 0.4) is 0 Å². The first-order valence-corrected chi connectivity index (χ1v) is 9.64. The fourth-order valence-electron chi connectivity index (χ4n) is 4.01. The maximum Gasteiger partial charge on any atom is 0.0204 e. The lowest BCUT2D eigenvalue weighted by molar-refractivity contribution is 0.129. The van der Waals surface area contributed by atoms with E-state index >= 15 is 0 Å². The Balaban J connectivity index is 1.64. The molecule has 1 saturated heterocycles. The highest BCUT2D eigenvalue weighted by molar-refractivity contribution is 7.10. The summed E-state index contributed by atoms with van der Waals surface area (Å²) in [5, 5.41) is 6.23. The molecule has 0 spiro atoms. The van der Waals surface area contributed by atoms with Gasteiger partial charge >= 0.3 is 0 Å². The van der Waals surface area contributed by atoms with E-state index in [4.69, 9.17) is 0 Å². The van der Waals surface area contributed by atoms with E-state index < -0.39 is 0 Å². The van der Waals surface area contributed by atoms with Crippen molar-refractivity contribution in [3.8, 4) is 0 Å². The Labute approximate surface area is 133 Å². The minimum absolute atomic E-state index is 0.656. The molecule has 1 aliphatic heterocycles. The Kier molecular flexibility index (Phi) is 5.36. The van der Waals surface area contributed by atoms with E-state index in [0.717, 1.165) is 12.0 Å². The number of nitrogens with zero attached hydrogens (tertiary/aromatic N) is 1. The van der Waals surface area contributed by atoms with Gasteiger partial charge in [0.05, 0.1) is 0 Å². The van der Waals surface area contributed by atoms with Gasteiger partial charge in [0.15, 0.2) is 0 Å². The van der Waals surface area contributed by atoms with Gasteiger partial charge in [-0.2, -0.15) is 0 Å². The molecule has 3 heteroatoms. The molecular formula is C18H30N2S. The van der Waals surface area contributed by atoms with Crippen molar-refractivity contribution in [2.75, 3.05) is 13.1 Å². The van der Waals surface area contributed by atoms with Crippen molar-refractivity contribution >= 4 is 11.3 Å². The van der Waals surface area contributed by atoms with Gasteiger partial charge < -0.3 is 5.32 Å². The van der Waals surface area contributed by atoms with Crippen molar-refractivity contribution in [1.29, 1.82) is 0 Å². The van der Waals surface area contributed by atoms with E-state index in [2.05, 4.69) is 41.6 Å². The zero-order chi connectivity index (χ0) is 14.7. The Hall–Kier alpha value is -0.380. The predicted molar refractivity (Wildman–Crippen MR) is 92.2 cm³/mol. The molecule has 2 aliphatic rings. The molecule has 2 unspecified atom stereocenters. The zero-order valence-corrected chi connectivity index (χ0v) is 14.4. The molecule has 0 radical (unpaired) electrons. The molecule has 0 aromatic carbocycles. The maximum absolute atomic E-state index is 4.00. The van der Waals surface area contributed by atoms with Crippen LogP contribution in [0.4, 0.5) is 0 Å². The Morgan fingerprint density at radius 1 is 1.14 bits per heavy atom. The third-order valence-electron chi connectivity index (χ3n) is 5.23. The SMILES string of the molecule is CC(C)N1CC(NC2CCCCC2)CC(c2cccs2)C1. The second-order valence-corrected chi connectivity index (χ2v) is 8.17. The fourth-order valence-corrected chi connectivity index (χ4v) is 4.84. The smallest absolute Gasteiger partial charge is 0.0204 e. The fraction of sp³-hybridized carbons (Fsp3) is 0.778. The quantitative estimate of drug-likeness (QED) is 0.895. The van der Waals surface area contributed by atoms with Gasteiger partial charge in [-0.05, 0) is 44.6 Å². The van der Waals surface area contributed by atoms with Gasteiger partial charge in [0.25, 0.3) is 0 Å². The average Bonchev–Trinajstić information content (AvgIpc) is 3.02. The first kappa shape index (κ1) is 15.5. The monoisotopic (exact) mass is 306 g/mol. The second kappa shape index (κ2) is 7.26. The number of thiophene rings is 1. The minimum Gasteiger partial charge on any atom is -0.310 e. The molecule has 21 heavy (non-hydrogen) atoms. The predicted octanol–water partition coefficient (Wildman–Crippen LogP) is 4.24. The van der Waals surface area contributed by atoms with Crippen molar-refractivity contribution in [2.45, 2.75) is 76.4 Å². The molecule has 2 nitrogen and oxygen atoms in total. The lowest BCUT2D eigenvalue weighted by Gasteiger charge is -2.42. The third kappa shape index (κ3) is 4.08. The maximum atomic E-state index is 4.00. The van der Waals surface area contributed by atoms with Gasteiger partial charge in [-0.25, -0.2) is 0 Å². The Morgan fingerprint density at radius 3 is 2.62 bits per heavy atom. The third-order valence-corrected chi connectivity index (χ3v) is 6.27. The summed E-state index contributed by atoms with van der Waals surface area (Å²) < 4.78 is 0. The standard InChI is InChI=1S/C18H30N2S/c1-14(2)20-12-15(18-9-6-10-21-18)11-17(13-20)19-16-7-4-3-5-8-16/h6,9-10,14-17,19H,3-5,7-8,11-13H2,1-2H3. The molecule has 1 aromatic rings. The number of rotatable bonds is 4. The van der Waals surface area contributed by atoms with Gasteiger partial charge in [-0.15, -0.1) is 11.3 Å². The van der Waals surface area contributed by atoms with Crippen LogP contribution in [0.5, 0.6) is 0 Å². The molecule has 1 aliphatic carbocycles. The van der Waals surface area contributed by atoms with E-state index in [1.807, 2.05) is 11.3 Å². The normalized spacial score (nSPS) is 29.1. The number of nitrogens with one attached hydrogen (secondary N) is 1. The summed E-state index contributed by atoms with van der Waals surface area (Å²) in [4.78, 5) is 4.25. The van der Waals surface area contributed by atoms with Crippen molar-refractivity contribution in [2.24, 2.45) is 0 Å². The molecule has 3 rings (SSSR count). The summed E-state index contributed by atoms with van der Waals surface area (Å²) in [7, 11) is 0. The highest BCUT2D eigenvalue weighted by Gasteiger charge is 2.31. The van der Waals surface area contributed by atoms with Crippen LogP contribution < -0.4 is 5.32 Å². The minimum atomic E-state index is 0.656.